The molecular weight excluding hydrogens is 260 g/mol. The molecule has 108 valence electrons. The molecular formula is C18H20N2O. The van der Waals surface area contributed by atoms with Crippen molar-refractivity contribution >= 4 is 10.9 Å². The van der Waals surface area contributed by atoms with E-state index in [-0.39, 0.29) is 0 Å². The first-order chi connectivity index (χ1) is 10.4. The summed E-state index contributed by atoms with van der Waals surface area (Å²) >= 11 is 0. The molecule has 0 radical (unpaired) electrons. The molecule has 1 aromatic heterocycles. The number of hydrogen-bond donors (Lipinski definition) is 2. The highest BCUT2D eigenvalue weighted by atomic mass is 16.5. The summed E-state index contributed by atoms with van der Waals surface area (Å²) in [6.45, 7) is 4.39. The van der Waals surface area contributed by atoms with Crippen molar-refractivity contribution in [2.75, 3.05) is 6.61 Å². The van der Waals surface area contributed by atoms with E-state index in [1.54, 1.807) is 0 Å². The lowest BCUT2D eigenvalue weighted by Crippen LogP contribution is -2.12. The molecule has 0 spiro atoms. The fraction of sp³-hybridized carbons (Fsp3) is 0.222. The molecule has 0 aliphatic rings. The highest BCUT2D eigenvalue weighted by Gasteiger charge is 2.01. The zero-order chi connectivity index (χ0) is 14.5. The van der Waals surface area contributed by atoms with E-state index in [1.807, 2.05) is 25.3 Å². The Morgan fingerprint density at radius 1 is 1.05 bits per heavy atom. The van der Waals surface area contributed by atoms with Crippen LogP contribution in [0.5, 0.6) is 5.75 Å². The first-order valence-electron chi connectivity index (χ1n) is 7.34. The van der Waals surface area contributed by atoms with Crippen LogP contribution in [0.1, 0.15) is 18.1 Å². The molecule has 2 N–H and O–H groups in total. The van der Waals surface area contributed by atoms with E-state index in [9.17, 15) is 0 Å². The van der Waals surface area contributed by atoms with Crippen molar-refractivity contribution in [3.8, 4) is 5.75 Å². The predicted molar refractivity (Wildman–Crippen MR) is 86.5 cm³/mol. The van der Waals surface area contributed by atoms with Crippen LogP contribution in [0.2, 0.25) is 0 Å². The quantitative estimate of drug-likeness (QED) is 0.719. The van der Waals surface area contributed by atoms with Gasteiger partial charge in [0.05, 0.1) is 6.61 Å². The molecule has 0 bridgehead atoms. The molecule has 0 atom stereocenters. The minimum Gasteiger partial charge on any atom is -0.494 e. The predicted octanol–water partition coefficient (Wildman–Crippen LogP) is 3.86. The van der Waals surface area contributed by atoms with Crippen molar-refractivity contribution in [2.45, 2.75) is 20.0 Å². The van der Waals surface area contributed by atoms with Gasteiger partial charge in [-0.25, -0.2) is 0 Å². The lowest BCUT2D eigenvalue weighted by molar-refractivity contribution is 0.340. The molecule has 0 aliphatic carbocycles. The van der Waals surface area contributed by atoms with Crippen LogP contribution in [0, 0.1) is 0 Å². The van der Waals surface area contributed by atoms with E-state index in [1.165, 1.54) is 22.0 Å². The summed E-state index contributed by atoms with van der Waals surface area (Å²) in [5.74, 6) is 0.935. The van der Waals surface area contributed by atoms with Gasteiger partial charge in [0.2, 0.25) is 0 Å². The molecule has 0 fully saturated rings. The number of hydrogen-bond acceptors (Lipinski definition) is 2. The normalized spacial score (nSPS) is 10.9. The Morgan fingerprint density at radius 3 is 2.86 bits per heavy atom. The second kappa shape index (κ2) is 6.46. The highest BCUT2D eigenvalue weighted by molar-refractivity contribution is 5.82. The monoisotopic (exact) mass is 280 g/mol. The van der Waals surface area contributed by atoms with Crippen LogP contribution in [-0.4, -0.2) is 11.6 Å². The summed E-state index contributed by atoms with van der Waals surface area (Å²) in [4.78, 5) is 3.25. The van der Waals surface area contributed by atoms with Gasteiger partial charge in [-0.1, -0.05) is 24.3 Å². The number of aromatic nitrogens is 1. The molecule has 3 rings (SSSR count). The lowest BCUT2D eigenvalue weighted by atomic mass is 10.1. The number of nitrogens with one attached hydrogen (secondary N) is 2. The number of fused-ring (bicyclic) bond motifs is 1. The van der Waals surface area contributed by atoms with Gasteiger partial charge in [0.25, 0.3) is 0 Å². The molecule has 3 heteroatoms. The van der Waals surface area contributed by atoms with Crippen LogP contribution in [0.15, 0.2) is 54.7 Å². The Morgan fingerprint density at radius 2 is 1.95 bits per heavy atom. The van der Waals surface area contributed by atoms with Crippen LogP contribution in [0.4, 0.5) is 0 Å². The zero-order valence-corrected chi connectivity index (χ0v) is 12.2. The molecule has 3 aromatic rings. The maximum atomic E-state index is 5.53. The summed E-state index contributed by atoms with van der Waals surface area (Å²) in [5, 5.41) is 4.79. The Balaban J connectivity index is 1.63. The number of H-pyrrole nitrogens is 1. The average Bonchev–Trinajstić information content (AvgIpc) is 2.97. The van der Waals surface area contributed by atoms with E-state index in [0.717, 1.165) is 18.8 Å². The maximum absolute atomic E-state index is 5.53. The van der Waals surface area contributed by atoms with E-state index in [2.05, 4.69) is 46.7 Å². The number of benzene rings is 2. The SMILES string of the molecule is CCOc1cccc(CNCc2cccc3[nH]ccc23)c1. The molecule has 3 nitrogen and oxygen atoms in total. The fourth-order valence-corrected chi connectivity index (χ4v) is 2.56. The van der Waals surface area contributed by atoms with Crippen molar-refractivity contribution in [1.29, 1.82) is 0 Å². The van der Waals surface area contributed by atoms with Gasteiger partial charge in [-0.05, 0) is 42.3 Å². The number of rotatable bonds is 6. The van der Waals surface area contributed by atoms with Crippen LogP contribution in [0.25, 0.3) is 10.9 Å². The Labute approximate surface area is 125 Å². The van der Waals surface area contributed by atoms with Crippen molar-refractivity contribution in [3.63, 3.8) is 0 Å². The third kappa shape index (κ3) is 3.26. The molecule has 0 saturated carbocycles. The smallest absolute Gasteiger partial charge is 0.119 e. The first-order valence-corrected chi connectivity index (χ1v) is 7.34. The average molecular weight is 280 g/mol. The van der Waals surface area contributed by atoms with Crippen LogP contribution in [-0.2, 0) is 13.1 Å². The fourth-order valence-electron chi connectivity index (χ4n) is 2.56. The third-order valence-corrected chi connectivity index (χ3v) is 3.54. The topological polar surface area (TPSA) is 37.0 Å². The Hall–Kier alpha value is -2.26. The maximum Gasteiger partial charge on any atom is 0.119 e. The van der Waals surface area contributed by atoms with Crippen LogP contribution >= 0.6 is 0 Å². The highest BCUT2D eigenvalue weighted by Crippen LogP contribution is 2.17. The van der Waals surface area contributed by atoms with Crippen molar-refractivity contribution in [1.82, 2.24) is 10.3 Å². The Kier molecular flexibility index (Phi) is 4.22. The molecule has 21 heavy (non-hydrogen) atoms. The molecule has 1 heterocycles. The molecule has 0 unspecified atom stereocenters. The van der Waals surface area contributed by atoms with E-state index in [4.69, 9.17) is 4.74 Å². The second-order valence-electron chi connectivity index (χ2n) is 5.04. The van der Waals surface area contributed by atoms with Crippen molar-refractivity contribution < 1.29 is 4.74 Å². The summed E-state index contributed by atoms with van der Waals surface area (Å²) in [6.07, 6.45) is 1.99. The van der Waals surface area contributed by atoms with Crippen molar-refractivity contribution in [3.05, 3.63) is 65.9 Å². The molecule has 0 amide bonds. The van der Waals surface area contributed by atoms with Gasteiger partial charge < -0.3 is 15.0 Å². The largest absolute Gasteiger partial charge is 0.494 e. The summed E-state index contributed by atoms with van der Waals surface area (Å²) < 4.78 is 5.53. The standard InChI is InChI=1S/C18H20N2O/c1-2-21-16-7-3-5-14(11-16)12-19-13-15-6-4-8-18-17(15)9-10-20-18/h3-11,19-20H,2,12-13H2,1H3. The van der Waals surface area contributed by atoms with E-state index < -0.39 is 0 Å². The molecule has 2 aromatic carbocycles. The molecule has 0 aliphatic heterocycles. The minimum atomic E-state index is 0.701. The third-order valence-electron chi connectivity index (χ3n) is 3.54. The Bertz CT molecular complexity index is 718. The van der Waals surface area contributed by atoms with Crippen LogP contribution < -0.4 is 10.1 Å². The van der Waals surface area contributed by atoms with Gasteiger partial charge in [0.1, 0.15) is 5.75 Å². The van der Waals surface area contributed by atoms with Gasteiger partial charge in [-0.15, -0.1) is 0 Å². The van der Waals surface area contributed by atoms with E-state index in [0.29, 0.717) is 6.61 Å². The van der Waals surface area contributed by atoms with Gasteiger partial charge in [-0.2, -0.15) is 0 Å². The van der Waals surface area contributed by atoms with Crippen LogP contribution in [0.3, 0.4) is 0 Å². The van der Waals surface area contributed by atoms with Gasteiger partial charge in [0.15, 0.2) is 0 Å². The summed E-state index contributed by atoms with van der Waals surface area (Å²) in [7, 11) is 0. The van der Waals surface area contributed by atoms with Gasteiger partial charge in [0, 0.05) is 30.2 Å². The van der Waals surface area contributed by atoms with Gasteiger partial charge in [-0.3, -0.25) is 0 Å². The summed E-state index contributed by atoms with van der Waals surface area (Å²) in [6, 6.07) is 16.7. The summed E-state index contributed by atoms with van der Waals surface area (Å²) in [5.41, 5.74) is 3.74. The molecule has 0 saturated heterocycles. The van der Waals surface area contributed by atoms with Gasteiger partial charge >= 0.3 is 0 Å². The lowest BCUT2D eigenvalue weighted by Gasteiger charge is -2.08. The number of ether oxygens (including phenoxy) is 1. The van der Waals surface area contributed by atoms with E-state index >= 15 is 0 Å². The zero-order valence-electron chi connectivity index (χ0n) is 12.2. The van der Waals surface area contributed by atoms with Crippen molar-refractivity contribution in [2.24, 2.45) is 0 Å². The first kappa shape index (κ1) is 13.7. The minimum absolute atomic E-state index is 0.701. The second-order valence-corrected chi connectivity index (χ2v) is 5.04. The number of aromatic amines is 1.